The molecule has 2 heterocycles. The van der Waals surface area contributed by atoms with E-state index in [1.165, 1.54) is 6.07 Å². The average molecular weight is 690 g/mol. The Balaban J connectivity index is 0.902. The van der Waals surface area contributed by atoms with Gasteiger partial charge in [0, 0.05) is 49.9 Å². The topological polar surface area (TPSA) is 79.3 Å². The third kappa shape index (κ3) is 9.76. The zero-order valence-corrected chi connectivity index (χ0v) is 29.1. The second kappa shape index (κ2) is 17.2. The molecule has 7 nitrogen and oxygen atoms in total. The van der Waals surface area contributed by atoms with Crippen LogP contribution < -0.4 is 10.6 Å². The lowest BCUT2D eigenvalue weighted by molar-refractivity contribution is -0.126. The number of piperidine rings is 1. The molecule has 2 amide bonds. The number of carbonyl (C=O) groups is 2. The smallest absolute Gasteiger partial charge is 0.271 e. The highest BCUT2D eigenvalue weighted by Crippen LogP contribution is 2.27. The number of hydrogen-bond donors (Lipinski definition) is 2. The van der Waals surface area contributed by atoms with Gasteiger partial charge in [-0.3, -0.25) is 14.5 Å². The first kappa shape index (κ1) is 35.7. The van der Waals surface area contributed by atoms with E-state index in [1.807, 2.05) is 73.8 Å². The normalized spacial score (nSPS) is 13.6. The summed E-state index contributed by atoms with van der Waals surface area (Å²) in [6.45, 7) is 3.51. The van der Waals surface area contributed by atoms with Crippen molar-refractivity contribution < 1.29 is 18.4 Å². The van der Waals surface area contributed by atoms with Gasteiger partial charge in [0.25, 0.3) is 5.91 Å². The van der Waals surface area contributed by atoms with Crippen LogP contribution in [0.25, 0.3) is 22.3 Å². The summed E-state index contributed by atoms with van der Waals surface area (Å²) in [5.41, 5.74) is 6.61. The fraction of sp³-hybridized carbons (Fsp3) is 0.310. The molecule has 1 aliphatic rings. The molecule has 0 saturated carbocycles. The Morgan fingerprint density at radius 2 is 1.33 bits per heavy atom. The van der Waals surface area contributed by atoms with Crippen molar-refractivity contribution in [1.82, 2.24) is 25.1 Å². The molecule has 1 aromatic heterocycles. The van der Waals surface area contributed by atoms with Crippen LogP contribution in [0.1, 0.15) is 52.9 Å². The van der Waals surface area contributed by atoms with Crippen molar-refractivity contribution >= 4 is 11.8 Å². The third-order valence-electron chi connectivity index (χ3n) is 9.61. The molecule has 4 aromatic carbocycles. The zero-order chi connectivity index (χ0) is 35.6. The predicted molar refractivity (Wildman–Crippen MR) is 197 cm³/mol. The standard InChI is InChI=1S/C42H45F2N5O2/c1-48-28-40(47-29-48)42(51)46-23-5-7-31-12-17-34(18-13-31)37-26-32(14-19-39(37)44)27-49-24-20-35(21-25-49)41(50)45-22-4-6-30-10-15-33(16-11-30)36-8-2-3-9-38(36)43/h2-3,8-19,26,28-29,35H,4-7,20-25,27H2,1H3,(H,45,50)(H,46,51). The first-order valence-electron chi connectivity index (χ1n) is 17.8. The van der Waals surface area contributed by atoms with Crippen LogP contribution >= 0.6 is 0 Å². The van der Waals surface area contributed by atoms with Crippen molar-refractivity contribution in [2.24, 2.45) is 13.0 Å². The van der Waals surface area contributed by atoms with Gasteiger partial charge in [-0.2, -0.15) is 0 Å². The molecule has 0 spiro atoms. The number of likely N-dealkylation sites (tertiary alicyclic amines) is 1. The fourth-order valence-corrected chi connectivity index (χ4v) is 6.66. The van der Waals surface area contributed by atoms with Crippen molar-refractivity contribution in [3.05, 3.63) is 138 Å². The number of nitrogens with zero attached hydrogens (tertiary/aromatic N) is 3. The van der Waals surface area contributed by atoms with Crippen LogP contribution in [-0.2, 0) is 31.2 Å². The minimum atomic E-state index is -0.251. The summed E-state index contributed by atoms with van der Waals surface area (Å²) in [6, 6.07) is 28.0. The molecule has 0 radical (unpaired) electrons. The van der Waals surface area contributed by atoms with E-state index in [4.69, 9.17) is 0 Å². The first-order valence-corrected chi connectivity index (χ1v) is 17.8. The summed E-state index contributed by atoms with van der Waals surface area (Å²) >= 11 is 0. The lowest BCUT2D eigenvalue weighted by atomic mass is 9.95. The molecule has 51 heavy (non-hydrogen) atoms. The molecule has 1 aliphatic heterocycles. The maximum absolute atomic E-state index is 14.9. The van der Waals surface area contributed by atoms with E-state index in [0.717, 1.165) is 79.4 Å². The van der Waals surface area contributed by atoms with Crippen molar-refractivity contribution in [3.63, 3.8) is 0 Å². The van der Waals surface area contributed by atoms with Gasteiger partial charge in [-0.1, -0.05) is 72.8 Å². The van der Waals surface area contributed by atoms with Gasteiger partial charge in [-0.15, -0.1) is 0 Å². The molecule has 0 atom stereocenters. The van der Waals surface area contributed by atoms with Crippen LogP contribution in [0.15, 0.2) is 104 Å². The van der Waals surface area contributed by atoms with Crippen LogP contribution in [0, 0.1) is 17.6 Å². The van der Waals surface area contributed by atoms with E-state index < -0.39 is 0 Å². The van der Waals surface area contributed by atoms with E-state index in [-0.39, 0.29) is 29.4 Å². The Hall–Kier alpha value is -5.15. The van der Waals surface area contributed by atoms with Crippen molar-refractivity contribution in [3.8, 4) is 22.3 Å². The number of aryl methyl sites for hydroxylation is 3. The predicted octanol–water partition coefficient (Wildman–Crippen LogP) is 7.36. The molecular weight excluding hydrogens is 644 g/mol. The molecule has 0 bridgehead atoms. The van der Waals surface area contributed by atoms with Gasteiger partial charge in [-0.25, -0.2) is 13.8 Å². The van der Waals surface area contributed by atoms with E-state index in [1.54, 1.807) is 35.3 Å². The Morgan fingerprint density at radius 1 is 0.745 bits per heavy atom. The second-order valence-electron chi connectivity index (χ2n) is 13.4. The van der Waals surface area contributed by atoms with Crippen LogP contribution in [-0.4, -0.2) is 52.4 Å². The first-order chi connectivity index (χ1) is 24.8. The summed E-state index contributed by atoms with van der Waals surface area (Å²) in [4.78, 5) is 31.5. The van der Waals surface area contributed by atoms with Crippen molar-refractivity contribution in [1.29, 1.82) is 0 Å². The van der Waals surface area contributed by atoms with Gasteiger partial charge in [0.1, 0.15) is 17.3 Å². The van der Waals surface area contributed by atoms with Gasteiger partial charge < -0.3 is 15.2 Å². The molecule has 9 heteroatoms. The number of halogens is 2. The molecule has 264 valence electrons. The average Bonchev–Trinajstić information content (AvgIpc) is 3.60. The van der Waals surface area contributed by atoms with E-state index in [0.29, 0.717) is 36.5 Å². The highest BCUT2D eigenvalue weighted by molar-refractivity contribution is 5.92. The van der Waals surface area contributed by atoms with Crippen molar-refractivity contribution in [2.75, 3.05) is 26.2 Å². The number of amides is 2. The monoisotopic (exact) mass is 689 g/mol. The number of nitrogens with one attached hydrogen (secondary N) is 2. The zero-order valence-electron chi connectivity index (χ0n) is 29.1. The Bertz CT molecular complexity index is 1910. The molecule has 5 aromatic rings. The largest absolute Gasteiger partial charge is 0.356 e. The lowest BCUT2D eigenvalue weighted by Crippen LogP contribution is -2.40. The van der Waals surface area contributed by atoms with Crippen molar-refractivity contribution in [2.45, 2.75) is 45.1 Å². The van der Waals surface area contributed by atoms with Crippen LogP contribution in [0.4, 0.5) is 8.78 Å². The van der Waals surface area contributed by atoms with Crippen LogP contribution in [0.5, 0.6) is 0 Å². The Morgan fingerprint density at radius 3 is 1.96 bits per heavy atom. The lowest BCUT2D eigenvalue weighted by Gasteiger charge is -2.31. The van der Waals surface area contributed by atoms with Gasteiger partial charge in [0.15, 0.2) is 0 Å². The van der Waals surface area contributed by atoms with E-state index in [2.05, 4.69) is 20.5 Å². The fourth-order valence-electron chi connectivity index (χ4n) is 6.66. The number of rotatable bonds is 14. The number of aromatic nitrogens is 2. The van der Waals surface area contributed by atoms with E-state index >= 15 is 0 Å². The molecule has 6 rings (SSSR count). The third-order valence-corrected chi connectivity index (χ3v) is 9.61. The number of carbonyl (C=O) groups excluding carboxylic acids is 2. The molecule has 0 aliphatic carbocycles. The van der Waals surface area contributed by atoms with Gasteiger partial charge in [0.2, 0.25) is 5.91 Å². The maximum atomic E-state index is 14.9. The van der Waals surface area contributed by atoms with Crippen LogP contribution in [0.3, 0.4) is 0 Å². The molecule has 0 unspecified atom stereocenters. The summed E-state index contributed by atoms with van der Waals surface area (Å²) in [6.07, 6.45) is 8.15. The summed E-state index contributed by atoms with van der Waals surface area (Å²) in [5, 5.41) is 6.02. The van der Waals surface area contributed by atoms with Gasteiger partial charge in [0.05, 0.1) is 6.33 Å². The summed E-state index contributed by atoms with van der Waals surface area (Å²) in [5.74, 6) is -0.537. The van der Waals surface area contributed by atoms with E-state index in [9.17, 15) is 18.4 Å². The maximum Gasteiger partial charge on any atom is 0.271 e. The SMILES string of the molecule is Cn1cnc(C(=O)NCCCc2ccc(-c3cc(CN4CCC(C(=O)NCCCc5ccc(-c6ccccc6F)cc5)CC4)ccc3F)cc2)c1. The number of benzene rings is 4. The van der Waals surface area contributed by atoms with Crippen LogP contribution in [0.2, 0.25) is 0 Å². The second-order valence-corrected chi connectivity index (χ2v) is 13.4. The quantitative estimate of drug-likeness (QED) is 0.120. The highest BCUT2D eigenvalue weighted by atomic mass is 19.1. The molecule has 1 saturated heterocycles. The Labute approximate surface area is 298 Å². The molecule has 2 N–H and O–H groups in total. The number of imidazole rings is 1. The summed E-state index contributed by atoms with van der Waals surface area (Å²) in [7, 11) is 1.83. The summed E-state index contributed by atoms with van der Waals surface area (Å²) < 4.78 is 30.8. The molecular formula is C42H45F2N5O2. The minimum Gasteiger partial charge on any atom is -0.356 e. The van der Waals surface area contributed by atoms with Gasteiger partial charge >= 0.3 is 0 Å². The number of hydrogen-bond acceptors (Lipinski definition) is 4. The molecule has 1 fully saturated rings. The highest BCUT2D eigenvalue weighted by Gasteiger charge is 2.25. The minimum absolute atomic E-state index is 0.000681. The Kier molecular flexibility index (Phi) is 12.0. The van der Waals surface area contributed by atoms with Gasteiger partial charge in [-0.05, 0) is 97.6 Å².